The van der Waals surface area contributed by atoms with Crippen molar-refractivity contribution in [2.24, 2.45) is 0 Å². The van der Waals surface area contributed by atoms with Gasteiger partial charge in [0.1, 0.15) is 0 Å². The molecule has 1 saturated heterocycles. The number of hydrogen-bond donors (Lipinski definition) is 1. The number of hydrogen-bond acceptors (Lipinski definition) is 3. The topological polar surface area (TPSA) is 47.6 Å². The van der Waals surface area contributed by atoms with Crippen molar-refractivity contribution >= 4 is 24.7 Å². The lowest BCUT2D eigenvalue weighted by atomic mass is 9.76. The zero-order valence-corrected chi connectivity index (χ0v) is 12.1. The van der Waals surface area contributed by atoms with Gasteiger partial charge in [0.15, 0.2) is 0 Å². The summed E-state index contributed by atoms with van der Waals surface area (Å²) < 4.78 is 12.1. The van der Waals surface area contributed by atoms with Crippen LogP contribution in [0.2, 0.25) is 0 Å². The van der Waals surface area contributed by atoms with Crippen LogP contribution in [0.5, 0.6) is 0 Å². The van der Waals surface area contributed by atoms with Crippen LogP contribution < -0.4 is 10.8 Å². The molecule has 5 heteroatoms. The second-order valence-corrected chi connectivity index (χ2v) is 5.92. The Bertz CT molecular complexity index is 483. The van der Waals surface area contributed by atoms with Crippen molar-refractivity contribution in [3.8, 4) is 0 Å². The van der Waals surface area contributed by atoms with Gasteiger partial charge in [-0.25, -0.2) is 0 Å². The van der Waals surface area contributed by atoms with Gasteiger partial charge in [-0.15, -0.1) is 0 Å². The van der Waals surface area contributed by atoms with Crippen LogP contribution in [0.4, 0.5) is 5.69 Å². The summed E-state index contributed by atoms with van der Waals surface area (Å²) in [5.74, 6) is 0. The van der Waals surface area contributed by atoms with Crippen LogP contribution in [-0.4, -0.2) is 24.7 Å². The minimum atomic E-state index is -0.404. The van der Waals surface area contributed by atoms with Crippen LogP contribution in [-0.2, 0) is 14.1 Å². The van der Waals surface area contributed by atoms with E-state index in [2.05, 4.69) is 5.32 Å². The number of carbonyl (C=O) groups excluding carboxylic acids is 1. The Morgan fingerprint density at radius 3 is 2.26 bits per heavy atom. The van der Waals surface area contributed by atoms with E-state index in [1.165, 1.54) is 0 Å². The first-order valence-electron chi connectivity index (χ1n) is 6.43. The van der Waals surface area contributed by atoms with E-state index in [1.54, 1.807) is 0 Å². The number of rotatable bonds is 3. The highest BCUT2D eigenvalue weighted by atomic mass is 16.7. The molecule has 0 aromatic heterocycles. The van der Waals surface area contributed by atoms with Crippen LogP contribution in [0.15, 0.2) is 18.2 Å². The van der Waals surface area contributed by atoms with Gasteiger partial charge in [-0.3, -0.25) is 4.79 Å². The highest BCUT2D eigenvalue weighted by molar-refractivity contribution is 6.62. The Balaban J connectivity index is 2.33. The lowest BCUT2D eigenvalue weighted by Gasteiger charge is -2.32. The van der Waals surface area contributed by atoms with Crippen LogP contribution in [0.3, 0.4) is 0 Å². The number of anilines is 1. The summed E-state index contributed by atoms with van der Waals surface area (Å²) >= 11 is 0. The maximum Gasteiger partial charge on any atom is 0.495 e. The molecule has 0 radical (unpaired) electrons. The summed E-state index contributed by atoms with van der Waals surface area (Å²) in [6.07, 6.45) is 0.665. The molecule has 1 aliphatic heterocycles. The Kier molecular flexibility index (Phi) is 3.45. The Morgan fingerprint density at radius 1 is 1.16 bits per heavy atom. The summed E-state index contributed by atoms with van der Waals surface area (Å²) in [5.41, 5.74) is 2.04. The average molecular weight is 261 g/mol. The van der Waals surface area contributed by atoms with Gasteiger partial charge in [0, 0.05) is 5.69 Å². The predicted octanol–water partition coefficient (Wildman–Crippen LogP) is 1.86. The molecular formula is C14H20BNO3. The first-order chi connectivity index (χ1) is 8.77. The summed E-state index contributed by atoms with van der Waals surface area (Å²) in [6.45, 7) is 10.1. The van der Waals surface area contributed by atoms with Gasteiger partial charge >= 0.3 is 7.12 Å². The van der Waals surface area contributed by atoms with Crippen molar-refractivity contribution in [1.29, 1.82) is 0 Å². The van der Waals surface area contributed by atoms with Crippen LogP contribution in [0.1, 0.15) is 33.3 Å². The lowest BCUT2D eigenvalue weighted by molar-refractivity contribution is -0.105. The molecule has 0 spiro atoms. The molecule has 1 amide bonds. The van der Waals surface area contributed by atoms with Crippen molar-refractivity contribution in [1.82, 2.24) is 0 Å². The molecule has 19 heavy (non-hydrogen) atoms. The molecule has 1 heterocycles. The molecule has 1 aromatic carbocycles. The lowest BCUT2D eigenvalue weighted by Crippen LogP contribution is -2.41. The van der Waals surface area contributed by atoms with Crippen LogP contribution in [0.25, 0.3) is 0 Å². The summed E-state index contributed by atoms with van der Waals surface area (Å²) in [4.78, 5) is 10.5. The van der Waals surface area contributed by atoms with Gasteiger partial charge in [0.05, 0.1) is 11.2 Å². The molecule has 1 aliphatic rings. The van der Waals surface area contributed by atoms with E-state index in [0.717, 1.165) is 16.7 Å². The average Bonchev–Trinajstić information content (AvgIpc) is 2.51. The Labute approximate surface area is 114 Å². The molecule has 0 aliphatic carbocycles. The smallest absolute Gasteiger partial charge is 0.399 e. The molecule has 0 saturated carbocycles. The maximum atomic E-state index is 10.5. The number of benzene rings is 1. The predicted molar refractivity (Wildman–Crippen MR) is 76.6 cm³/mol. The second kappa shape index (κ2) is 4.65. The zero-order chi connectivity index (χ0) is 14.3. The SMILES string of the molecule is Cc1ccc(NC=O)cc1B1OC(C)(C)C(C)(C)O1. The van der Waals surface area contributed by atoms with Crippen molar-refractivity contribution in [2.45, 2.75) is 45.8 Å². The maximum absolute atomic E-state index is 10.5. The first kappa shape index (κ1) is 14.1. The highest BCUT2D eigenvalue weighted by Gasteiger charge is 2.52. The van der Waals surface area contributed by atoms with Gasteiger partial charge in [0.25, 0.3) is 0 Å². The van der Waals surface area contributed by atoms with Gasteiger partial charge in [0.2, 0.25) is 6.41 Å². The minimum Gasteiger partial charge on any atom is -0.399 e. The largest absolute Gasteiger partial charge is 0.495 e. The van der Waals surface area contributed by atoms with E-state index >= 15 is 0 Å². The van der Waals surface area contributed by atoms with Crippen molar-refractivity contribution < 1.29 is 14.1 Å². The third kappa shape index (κ3) is 2.53. The van der Waals surface area contributed by atoms with Crippen LogP contribution >= 0.6 is 0 Å². The highest BCUT2D eigenvalue weighted by Crippen LogP contribution is 2.36. The molecule has 0 unspecified atom stereocenters. The van der Waals surface area contributed by atoms with E-state index in [-0.39, 0.29) is 11.2 Å². The Morgan fingerprint density at radius 2 is 1.74 bits per heavy atom. The van der Waals surface area contributed by atoms with E-state index in [9.17, 15) is 4.79 Å². The first-order valence-corrected chi connectivity index (χ1v) is 6.43. The molecule has 102 valence electrons. The fourth-order valence-corrected chi connectivity index (χ4v) is 2.02. The number of carbonyl (C=O) groups is 1. The van der Waals surface area contributed by atoms with E-state index in [4.69, 9.17) is 9.31 Å². The normalized spacial score (nSPS) is 20.4. The van der Waals surface area contributed by atoms with Crippen molar-refractivity contribution in [3.05, 3.63) is 23.8 Å². The summed E-state index contributed by atoms with van der Waals surface area (Å²) in [6, 6.07) is 5.70. The fourth-order valence-electron chi connectivity index (χ4n) is 2.02. The molecule has 1 aromatic rings. The molecule has 1 N–H and O–H groups in total. The molecule has 4 nitrogen and oxygen atoms in total. The second-order valence-electron chi connectivity index (χ2n) is 5.92. The number of nitrogens with one attached hydrogen (secondary N) is 1. The van der Waals surface area contributed by atoms with Gasteiger partial charge in [-0.2, -0.15) is 0 Å². The standard InChI is InChI=1S/C14H20BNO3/c1-10-6-7-11(16-9-17)8-12(10)15-18-13(2,3)14(4,5)19-15/h6-9H,1-5H3,(H,16,17). The summed E-state index contributed by atoms with van der Waals surface area (Å²) in [5, 5.41) is 2.65. The minimum absolute atomic E-state index is 0.363. The van der Waals surface area contributed by atoms with E-state index in [0.29, 0.717) is 6.41 Å². The quantitative estimate of drug-likeness (QED) is 0.667. The fraction of sp³-hybridized carbons (Fsp3) is 0.500. The monoisotopic (exact) mass is 261 g/mol. The van der Waals surface area contributed by atoms with Crippen molar-refractivity contribution in [2.75, 3.05) is 5.32 Å². The van der Waals surface area contributed by atoms with Gasteiger partial charge < -0.3 is 14.6 Å². The molecule has 0 bridgehead atoms. The van der Waals surface area contributed by atoms with Crippen molar-refractivity contribution in [3.63, 3.8) is 0 Å². The van der Waals surface area contributed by atoms with E-state index in [1.807, 2.05) is 52.8 Å². The molecule has 0 atom stereocenters. The van der Waals surface area contributed by atoms with E-state index < -0.39 is 7.12 Å². The molecular weight excluding hydrogens is 241 g/mol. The third-order valence-electron chi connectivity index (χ3n) is 4.01. The van der Waals surface area contributed by atoms with Gasteiger partial charge in [-0.05, 0) is 52.2 Å². The summed E-state index contributed by atoms with van der Waals surface area (Å²) in [7, 11) is -0.404. The zero-order valence-electron chi connectivity index (χ0n) is 12.1. The third-order valence-corrected chi connectivity index (χ3v) is 4.01. The number of aryl methyl sites for hydroxylation is 1. The Hall–Kier alpha value is -1.33. The molecule has 1 fully saturated rings. The van der Waals surface area contributed by atoms with Crippen LogP contribution in [0, 0.1) is 6.92 Å². The number of amides is 1. The van der Waals surface area contributed by atoms with Gasteiger partial charge in [-0.1, -0.05) is 11.6 Å². The molecule has 2 rings (SSSR count).